The Morgan fingerprint density at radius 1 is 1.02 bits per heavy atom. The van der Waals surface area contributed by atoms with E-state index in [2.05, 4.69) is 20.6 Å². The number of alkyl carbamates (subject to hydrolysis) is 1. The molecule has 0 saturated heterocycles. The molecule has 2 N–H and O–H groups in total. The molecule has 3 heterocycles. The highest BCUT2D eigenvalue weighted by Gasteiger charge is 2.42. The number of anilines is 1. The maximum atomic E-state index is 14.4. The highest BCUT2D eigenvalue weighted by Crippen LogP contribution is 2.33. The molecule has 3 amide bonds. The summed E-state index contributed by atoms with van der Waals surface area (Å²) < 4.78 is 89.2. The van der Waals surface area contributed by atoms with Gasteiger partial charge in [0.1, 0.15) is 17.2 Å². The van der Waals surface area contributed by atoms with Gasteiger partial charge in [-0.15, -0.1) is 0 Å². The summed E-state index contributed by atoms with van der Waals surface area (Å²) in [6.07, 6.45) is -5.48. The van der Waals surface area contributed by atoms with Gasteiger partial charge >= 0.3 is 12.3 Å². The van der Waals surface area contributed by atoms with Crippen LogP contribution in [-0.2, 0) is 35.2 Å². The minimum absolute atomic E-state index is 0.0667. The lowest BCUT2D eigenvalue weighted by Crippen LogP contribution is -2.45. The highest BCUT2D eigenvalue weighted by molar-refractivity contribution is 6.03. The van der Waals surface area contributed by atoms with Gasteiger partial charge in [-0.05, 0) is 51.0 Å². The van der Waals surface area contributed by atoms with Gasteiger partial charge in [-0.25, -0.2) is 27.9 Å². The smallest absolute Gasteiger partial charge is 0.444 e. The first-order valence-corrected chi connectivity index (χ1v) is 13.3. The zero-order valence-corrected chi connectivity index (χ0v) is 23.8. The molecule has 44 heavy (non-hydrogen) atoms. The minimum atomic E-state index is -4.90. The third kappa shape index (κ3) is 7.85. The number of imidazole rings is 1. The van der Waals surface area contributed by atoms with Crippen LogP contribution in [0.5, 0.6) is 0 Å². The number of nitrogens with one attached hydrogen (secondary N) is 2. The van der Waals surface area contributed by atoms with Crippen LogP contribution in [0.1, 0.15) is 54.8 Å². The fourth-order valence-electron chi connectivity index (χ4n) is 4.57. The number of carbonyl (C=O) groups excluding carboxylic acids is 3. The van der Waals surface area contributed by atoms with E-state index in [-0.39, 0.29) is 30.2 Å². The first kappa shape index (κ1) is 32.3. The van der Waals surface area contributed by atoms with Crippen molar-refractivity contribution in [2.75, 3.05) is 11.9 Å². The monoisotopic (exact) mass is 626 g/mol. The topological polar surface area (TPSA) is 118 Å². The van der Waals surface area contributed by atoms with E-state index < -0.39 is 84.1 Å². The number of nitrogens with zero attached hydrogens (tertiary/aromatic N) is 4. The number of ether oxygens (including phenoxy) is 1. The van der Waals surface area contributed by atoms with Gasteiger partial charge in [0.2, 0.25) is 11.7 Å². The van der Waals surface area contributed by atoms with Gasteiger partial charge in [0.15, 0.2) is 17.3 Å². The Bertz CT molecular complexity index is 1550. The maximum Gasteiger partial charge on any atom is 0.449 e. The van der Waals surface area contributed by atoms with Crippen LogP contribution in [0.4, 0.5) is 37.0 Å². The number of rotatable bonds is 7. The Hall–Kier alpha value is -4.63. The molecule has 1 aliphatic heterocycles. The zero-order valence-electron chi connectivity index (χ0n) is 23.8. The number of carbonyl (C=O) groups is 3. The van der Waals surface area contributed by atoms with E-state index in [0.29, 0.717) is 12.1 Å². The van der Waals surface area contributed by atoms with Gasteiger partial charge in [0.05, 0.1) is 12.2 Å². The summed E-state index contributed by atoms with van der Waals surface area (Å²) in [7, 11) is 0. The predicted molar refractivity (Wildman–Crippen MR) is 143 cm³/mol. The molecule has 236 valence electrons. The molecule has 0 bridgehead atoms. The molecule has 16 heteroatoms. The van der Waals surface area contributed by atoms with Crippen molar-refractivity contribution in [3.05, 3.63) is 76.8 Å². The van der Waals surface area contributed by atoms with Gasteiger partial charge < -0.3 is 24.8 Å². The first-order chi connectivity index (χ1) is 20.5. The average molecular weight is 627 g/mol. The lowest BCUT2D eigenvalue weighted by atomic mass is 10.0. The predicted octanol–water partition coefficient (Wildman–Crippen LogP) is 4.83. The van der Waals surface area contributed by atoms with Crippen LogP contribution in [0.3, 0.4) is 0 Å². The number of alkyl halides is 3. The second kappa shape index (κ2) is 12.5. The molecule has 1 aliphatic rings. The second-order valence-corrected chi connectivity index (χ2v) is 11.0. The van der Waals surface area contributed by atoms with Crippen LogP contribution in [-0.4, -0.2) is 55.5 Å². The standard InChI is InChI=1S/C28H28F6N6O4/c1-27(2,3)44-26(43)36-16(10-15-11-18(30)19(31)13-17(15)29)12-22(41)39-8-9-40-20(14-39)23(38-25(40)28(32,33)34)24(42)37-21-6-4-5-7-35-21/h4-7,11,13,16H,8-10,12,14H2,1-3H3,(H,36,43)(H,35,37,42). The normalized spacial score (nSPS) is 14.1. The molecule has 4 rings (SSSR count). The van der Waals surface area contributed by atoms with Crippen molar-refractivity contribution >= 4 is 23.7 Å². The molecule has 0 spiro atoms. The molecule has 0 radical (unpaired) electrons. The van der Waals surface area contributed by atoms with E-state index >= 15 is 0 Å². The minimum Gasteiger partial charge on any atom is -0.444 e. The summed E-state index contributed by atoms with van der Waals surface area (Å²) in [5.74, 6) is -6.80. The number of halogens is 6. The molecular formula is C28H28F6N6O4. The van der Waals surface area contributed by atoms with Gasteiger partial charge in [0, 0.05) is 37.8 Å². The molecule has 2 aromatic heterocycles. The largest absolute Gasteiger partial charge is 0.449 e. The Balaban J connectivity index is 1.58. The van der Waals surface area contributed by atoms with E-state index in [1.54, 1.807) is 32.9 Å². The van der Waals surface area contributed by atoms with Crippen molar-refractivity contribution in [1.29, 1.82) is 0 Å². The van der Waals surface area contributed by atoms with Crippen molar-refractivity contribution in [3.8, 4) is 0 Å². The number of amides is 3. The third-order valence-electron chi connectivity index (χ3n) is 6.43. The number of pyridine rings is 1. The SMILES string of the molecule is CC(C)(C)OC(=O)NC(CC(=O)N1CCn2c(C(F)(F)F)nc(C(=O)Nc3ccccn3)c2C1)Cc1cc(F)c(F)cc1F. The Kier molecular flexibility index (Phi) is 9.20. The Labute approximate surface area is 247 Å². The van der Waals surface area contributed by atoms with E-state index in [9.17, 15) is 40.7 Å². The van der Waals surface area contributed by atoms with Crippen LogP contribution >= 0.6 is 0 Å². The number of fused-ring (bicyclic) bond motifs is 1. The number of benzene rings is 1. The first-order valence-electron chi connectivity index (χ1n) is 13.3. The second-order valence-electron chi connectivity index (χ2n) is 11.0. The van der Waals surface area contributed by atoms with Gasteiger partial charge in [-0.3, -0.25) is 9.59 Å². The van der Waals surface area contributed by atoms with Crippen LogP contribution in [0.25, 0.3) is 0 Å². The highest BCUT2D eigenvalue weighted by atomic mass is 19.4. The summed E-state index contributed by atoms with van der Waals surface area (Å²) in [4.78, 5) is 47.5. The maximum absolute atomic E-state index is 14.4. The number of hydrogen-bond donors (Lipinski definition) is 2. The van der Waals surface area contributed by atoms with Crippen LogP contribution in [0.15, 0.2) is 36.5 Å². The molecule has 10 nitrogen and oxygen atoms in total. The van der Waals surface area contributed by atoms with E-state index in [4.69, 9.17) is 4.74 Å². The average Bonchev–Trinajstić information content (AvgIpc) is 3.31. The van der Waals surface area contributed by atoms with E-state index in [1.165, 1.54) is 12.3 Å². The molecule has 0 saturated carbocycles. The van der Waals surface area contributed by atoms with Crippen LogP contribution in [0, 0.1) is 17.5 Å². The van der Waals surface area contributed by atoms with Crippen molar-refractivity contribution in [2.24, 2.45) is 0 Å². The molecule has 3 aromatic rings. The van der Waals surface area contributed by atoms with Crippen LogP contribution < -0.4 is 10.6 Å². The Morgan fingerprint density at radius 3 is 2.36 bits per heavy atom. The van der Waals surface area contributed by atoms with Gasteiger partial charge in [-0.2, -0.15) is 13.2 Å². The molecule has 1 atom stereocenters. The lowest BCUT2D eigenvalue weighted by molar-refractivity contribution is -0.148. The zero-order chi connectivity index (χ0) is 32.4. The quantitative estimate of drug-likeness (QED) is 0.287. The van der Waals surface area contributed by atoms with Gasteiger partial charge in [0.25, 0.3) is 5.91 Å². The lowest BCUT2D eigenvalue weighted by Gasteiger charge is -2.31. The summed E-state index contributed by atoms with van der Waals surface area (Å²) in [5.41, 5.74) is -2.03. The van der Waals surface area contributed by atoms with Crippen molar-refractivity contribution in [2.45, 2.75) is 64.5 Å². The van der Waals surface area contributed by atoms with Crippen molar-refractivity contribution in [1.82, 2.24) is 24.8 Å². The fourth-order valence-corrected chi connectivity index (χ4v) is 4.57. The third-order valence-corrected chi connectivity index (χ3v) is 6.43. The summed E-state index contributed by atoms with van der Waals surface area (Å²) >= 11 is 0. The van der Waals surface area contributed by atoms with Crippen molar-refractivity contribution in [3.63, 3.8) is 0 Å². The fraction of sp³-hybridized carbons (Fsp3) is 0.393. The summed E-state index contributed by atoms with van der Waals surface area (Å²) in [6.45, 7) is 3.71. The molecule has 0 fully saturated rings. The summed E-state index contributed by atoms with van der Waals surface area (Å²) in [6, 6.07) is 4.30. The molecular weight excluding hydrogens is 598 g/mol. The number of hydrogen-bond acceptors (Lipinski definition) is 6. The van der Waals surface area contributed by atoms with Crippen molar-refractivity contribution < 1.29 is 45.5 Å². The van der Waals surface area contributed by atoms with Gasteiger partial charge in [-0.1, -0.05) is 6.07 Å². The molecule has 1 aromatic carbocycles. The van der Waals surface area contributed by atoms with Crippen LogP contribution in [0.2, 0.25) is 0 Å². The summed E-state index contributed by atoms with van der Waals surface area (Å²) in [5, 5.41) is 4.80. The Morgan fingerprint density at radius 2 is 1.73 bits per heavy atom. The van der Waals surface area contributed by atoms with E-state index in [1.807, 2.05) is 0 Å². The van der Waals surface area contributed by atoms with E-state index in [0.717, 1.165) is 9.47 Å². The number of aromatic nitrogens is 3. The molecule has 1 unspecified atom stereocenters. The molecule has 0 aliphatic carbocycles.